The second kappa shape index (κ2) is 5.48. The Kier molecular flexibility index (Phi) is 3.42. The third-order valence-corrected chi connectivity index (χ3v) is 5.11. The molecule has 0 N–H and O–H groups in total. The highest BCUT2D eigenvalue weighted by Gasteiger charge is 2.51. The summed E-state index contributed by atoms with van der Waals surface area (Å²) in [6.07, 6.45) is 2.49. The smallest absolute Gasteiger partial charge is 0.174 e. The molecule has 1 unspecified atom stereocenters. The van der Waals surface area contributed by atoms with E-state index in [0.717, 1.165) is 28.0 Å². The Morgan fingerprint density at radius 1 is 0.958 bits per heavy atom. The number of ketones is 1. The fraction of sp³-hybridized carbons (Fsp3) is 0.227. The van der Waals surface area contributed by atoms with Gasteiger partial charge in [0.05, 0.1) is 6.61 Å². The molecule has 0 spiro atoms. The molecule has 2 nitrogen and oxygen atoms in total. The van der Waals surface area contributed by atoms with Crippen molar-refractivity contribution in [1.29, 1.82) is 0 Å². The van der Waals surface area contributed by atoms with Gasteiger partial charge in [0.15, 0.2) is 5.78 Å². The Balaban J connectivity index is 1.97. The van der Waals surface area contributed by atoms with E-state index in [1.54, 1.807) is 6.08 Å². The lowest BCUT2D eigenvalue weighted by atomic mass is 9.68. The molecule has 1 saturated heterocycles. The van der Waals surface area contributed by atoms with Crippen LogP contribution in [0.3, 0.4) is 0 Å². The van der Waals surface area contributed by atoms with E-state index in [2.05, 4.69) is 31.2 Å². The van der Waals surface area contributed by atoms with Gasteiger partial charge in [-0.05, 0) is 36.6 Å². The molecule has 1 atom stereocenters. The van der Waals surface area contributed by atoms with E-state index >= 15 is 0 Å². The number of carbonyl (C=O) groups is 1. The van der Waals surface area contributed by atoms with E-state index in [1.165, 1.54) is 5.56 Å². The van der Waals surface area contributed by atoms with Crippen LogP contribution in [-0.2, 0) is 14.9 Å². The van der Waals surface area contributed by atoms with Gasteiger partial charge in [-0.2, -0.15) is 0 Å². The minimum Gasteiger partial charge on any atom is -0.496 e. The lowest BCUT2D eigenvalue weighted by Gasteiger charge is -2.32. The molecule has 1 aliphatic heterocycles. The molecule has 4 rings (SSSR count). The Morgan fingerprint density at radius 3 is 2.38 bits per heavy atom. The molecule has 0 aromatic heterocycles. The number of carbonyl (C=O) groups excluding carboxylic acids is 1. The van der Waals surface area contributed by atoms with Crippen LogP contribution >= 0.6 is 0 Å². The van der Waals surface area contributed by atoms with Gasteiger partial charge < -0.3 is 4.74 Å². The van der Waals surface area contributed by atoms with Gasteiger partial charge in [0.2, 0.25) is 0 Å². The van der Waals surface area contributed by atoms with Gasteiger partial charge >= 0.3 is 0 Å². The van der Waals surface area contributed by atoms with Crippen LogP contribution in [0.25, 0.3) is 5.57 Å². The van der Waals surface area contributed by atoms with Crippen molar-refractivity contribution < 1.29 is 9.53 Å². The van der Waals surface area contributed by atoms with Crippen molar-refractivity contribution in [3.8, 4) is 0 Å². The van der Waals surface area contributed by atoms with E-state index in [-0.39, 0.29) is 5.78 Å². The summed E-state index contributed by atoms with van der Waals surface area (Å²) < 4.78 is 6.07. The van der Waals surface area contributed by atoms with Crippen molar-refractivity contribution in [2.45, 2.75) is 25.7 Å². The number of fused-ring (bicyclic) bond motifs is 1. The van der Waals surface area contributed by atoms with Gasteiger partial charge in [0, 0.05) is 12.0 Å². The molecule has 1 aliphatic carbocycles. The average molecular weight is 316 g/mol. The highest BCUT2D eigenvalue weighted by atomic mass is 16.5. The zero-order valence-electron chi connectivity index (χ0n) is 14.0. The zero-order valence-corrected chi connectivity index (χ0v) is 14.0. The predicted octanol–water partition coefficient (Wildman–Crippen LogP) is 4.59. The van der Waals surface area contributed by atoms with Crippen molar-refractivity contribution in [2.75, 3.05) is 6.61 Å². The molecule has 0 bridgehead atoms. The van der Waals surface area contributed by atoms with E-state index < -0.39 is 5.41 Å². The van der Waals surface area contributed by atoms with Gasteiger partial charge in [-0.1, -0.05) is 60.2 Å². The maximum Gasteiger partial charge on any atom is 0.174 e. The molecular weight excluding hydrogens is 296 g/mol. The SMILES string of the molecule is CC1=CC(=O)C2(c3ccccc3)CCOC2=C1c1ccc(C)cc1. The van der Waals surface area contributed by atoms with Gasteiger partial charge in [-0.25, -0.2) is 0 Å². The van der Waals surface area contributed by atoms with Crippen LogP contribution in [0.1, 0.15) is 30.0 Å². The minimum atomic E-state index is -0.666. The topological polar surface area (TPSA) is 26.3 Å². The van der Waals surface area contributed by atoms with Crippen LogP contribution in [0, 0.1) is 6.92 Å². The van der Waals surface area contributed by atoms with Gasteiger partial charge in [0.1, 0.15) is 11.2 Å². The normalized spacial score (nSPS) is 22.9. The molecular formula is C22H20O2. The van der Waals surface area contributed by atoms with Gasteiger partial charge in [-0.15, -0.1) is 0 Å². The molecule has 2 heteroatoms. The molecule has 0 radical (unpaired) electrons. The number of hydrogen-bond acceptors (Lipinski definition) is 2. The third-order valence-electron chi connectivity index (χ3n) is 5.11. The number of ether oxygens (including phenoxy) is 1. The summed E-state index contributed by atoms with van der Waals surface area (Å²) in [6, 6.07) is 18.5. The first-order valence-corrected chi connectivity index (χ1v) is 8.36. The second-order valence-corrected chi connectivity index (χ2v) is 6.63. The highest BCUT2D eigenvalue weighted by molar-refractivity contribution is 6.09. The van der Waals surface area contributed by atoms with Gasteiger partial charge in [-0.3, -0.25) is 4.79 Å². The highest BCUT2D eigenvalue weighted by Crippen LogP contribution is 2.50. The summed E-state index contributed by atoms with van der Waals surface area (Å²) in [5.74, 6) is 0.956. The third kappa shape index (κ3) is 2.06. The van der Waals surface area contributed by atoms with E-state index in [4.69, 9.17) is 4.74 Å². The molecule has 1 fully saturated rings. The molecule has 0 amide bonds. The van der Waals surface area contributed by atoms with Crippen molar-refractivity contribution in [2.24, 2.45) is 0 Å². The quantitative estimate of drug-likeness (QED) is 0.810. The Labute approximate surface area is 142 Å². The minimum absolute atomic E-state index is 0.134. The maximum atomic E-state index is 13.0. The van der Waals surface area contributed by atoms with Crippen LogP contribution < -0.4 is 0 Å². The second-order valence-electron chi connectivity index (χ2n) is 6.63. The predicted molar refractivity (Wildman–Crippen MR) is 95.6 cm³/mol. The Hall–Kier alpha value is -2.61. The molecule has 0 saturated carbocycles. The van der Waals surface area contributed by atoms with E-state index in [0.29, 0.717) is 13.0 Å². The first-order valence-electron chi connectivity index (χ1n) is 8.36. The molecule has 2 aliphatic rings. The van der Waals surface area contributed by atoms with Crippen LogP contribution in [-0.4, -0.2) is 12.4 Å². The summed E-state index contributed by atoms with van der Waals surface area (Å²) in [7, 11) is 0. The van der Waals surface area contributed by atoms with Crippen LogP contribution in [0.4, 0.5) is 0 Å². The Morgan fingerprint density at radius 2 is 1.67 bits per heavy atom. The standard InChI is InChI=1S/C22H20O2/c1-15-8-10-17(11-9-15)20-16(2)14-19(23)22(12-13-24-21(20)22)18-6-4-3-5-7-18/h3-11,14H,12-13H2,1-2H3. The number of aryl methyl sites for hydroxylation is 1. The van der Waals surface area contributed by atoms with Crippen molar-refractivity contribution in [1.82, 2.24) is 0 Å². The summed E-state index contributed by atoms with van der Waals surface area (Å²) in [5.41, 5.74) is 4.73. The summed E-state index contributed by atoms with van der Waals surface area (Å²) in [5, 5.41) is 0. The monoisotopic (exact) mass is 316 g/mol. The first kappa shape index (κ1) is 14.9. The van der Waals surface area contributed by atoms with Crippen LogP contribution in [0.15, 0.2) is 72.0 Å². The number of benzene rings is 2. The van der Waals surface area contributed by atoms with Crippen molar-refractivity contribution in [3.05, 3.63) is 88.7 Å². The van der Waals surface area contributed by atoms with Crippen molar-refractivity contribution >= 4 is 11.4 Å². The number of allylic oxidation sites excluding steroid dienone is 4. The van der Waals surface area contributed by atoms with E-state index in [9.17, 15) is 4.79 Å². The maximum absolute atomic E-state index is 13.0. The van der Waals surface area contributed by atoms with Crippen LogP contribution in [0.5, 0.6) is 0 Å². The molecule has 2 aromatic carbocycles. The fourth-order valence-electron chi connectivity index (χ4n) is 3.85. The van der Waals surface area contributed by atoms with E-state index in [1.807, 2.05) is 37.3 Å². The molecule has 1 heterocycles. The molecule has 2 aromatic rings. The zero-order chi connectivity index (χ0) is 16.7. The largest absolute Gasteiger partial charge is 0.496 e. The number of rotatable bonds is 2. The molecule has 120 valence electrons. The fourth-order valence-corrected chi connectivity index (χ4v) is 3.85. The summed E-state index contributed by atoms with van der Waals surface area (Å²) in [6.45, 7) is 4.65. The summed E-state index contributed by atoms with van der Waals surface area (Å²) >= 11 is 0. The first-order chi connectivity index (χ1) is 11.6. The average Bonchev–Trinajstić information content (AvgIpc) is 3.03. The van der Waals surface area contributed by atoms with Crippen LogP contribution in [0.2, 0.25) is 0 Å². The number of hydrogen-bond donors (Lipinski definition) is 0. The Bertz CT molecular complexity index is 857. The van der Waals surface area contributed by atoms with Crippen molar-refractivity contribution in [3.63, 3.8) is 0 Å². The molecule has 24 heavy (non-hydrogen) atoms. The van der Waals surface area contributed by atoms with Gasteiger partial charge in [0.25, 0.3) is 0 Å². The lowest BCUT2D eigenvalue weighted by Crippen LogP contribution is -2.37. The lowest BCUT2D eigenvalue weighted by molar-refractivity contribution is -0.118. The summed E-state index contributed by atoms with van der Waals surface area (Å²) in [4.78, 5) is 13.0.